The molecule has 0 aromatic heterocycles. The molecule has 0 saturated heterocycles. The fraction of sp³-hybridized carbons (Fsp3) is 0.412. The summed E-state index contributed by atoms with van der Waals surface area (Å²) in [4.78, 5) is 0.316. The molecule has 122 valence electrons. The van der Waals surface area contributed by atoms with E-state index in [0.717, 1.165) is 5.56 Å². The maximum Gasteiger partial charge on any atom is 0.178 e. The highest BCUT2D eigenvalue weighted by Crippen LogP contribution is 2.28. The van der Waals surface area contributed by atoms with Crippen molar-refractivity contribution in [2.75, 3.05) is 5.75 Å². The zero-order chi connectivity index (χ0) is 16.8. The van der Waals surface area contributed by atoms with Gasteiger partial charge in [0.2, 0.25) is 0 Å². The number of nitrogens with two attached hydrogens (primary N) is 2. The Hall–Kier alpha value is -1.43. The van der Waals surface area contributed by atoms with E-state index in [1.807, 2.05) is 6.92 Å². The number of hydrogen-bond acceptors (Lipinski definition) is 4. The van der Waals surface area contributed by atoms with Crippen LogP contribution in [0.15, 0.2) is 54.5 Å². The van der Waals surface area contributed by atoms with Gasteiger partial charge >= 0.3 is 0 Å². The van der Waals surface area contributed by atoms with Crippen LogP contribution in [0.2, 0.25) is 0 Å². The van der Waals surface area contributed by atoms with Crippen LogP contribution in [-0.4, -0.2) is 20.2 Å². The highest BCUT2D eigenvalue weighted by atomic mass is 32.2. The molecule has 2 atom stereocenters. The highest BCUT2D eigenvalue weighted by Gasteiger charge is 2.32. The molecule has 0 saturated carbocycles. The molecule has 0 radical (unpaired) electrons. The van der Waals surface area contributed by atoms with Crippen molar-refractivity contribution in [1.29, 1.82) is 0 Å². The number of sulfone groups is 1. The minimum absolute atomic E-state index is 0.142. The van der Waals surface area contributed by atoms with Crippen LogP contribution in [0.1, 0.15) is 31.7 Å². The van der Waals surface area contributed by atoms with Crippen LogP contribution in [0.3, 0.4) is 0 Å². The van der Waals surface area contributed by atoms with E-state index in [1.165, 1.54) is 0 Å². The lowest BCUT2D eigenvalue weighted by Gasteiger charge is -2.35. The van der Waals surface area contributed by atoms with E-state index in [-0.39, 0.29) is 11.8 Å². The first-order chi connectivity index (χ1) is 10.3. The van der Waals surface area contributed by atoms with Gasteiger partial charge in [-0.05, 0) is 37.0 Å². The second kappa shape index (κ2) is 7.72. The van der Waals surface area contributed by atoms with Gasteiger partial charge in [-0.25, -0.2) is 8.42 Å². The van der Waals surface area contributed by atoms with Gasteiger partial charge in [-0.1, -0.05) is 31.2 Å². The summed E-state index contributed by atoms with van der Waals surface area (Å²) in [5.41, 5.74) is 12.7. The Morgan fingerprint density at radius 3 is 2.27 bits per heavy atom. The molecule has 0 bridgehead atoms. The Labute approximate surface area is 133 Å². The molecule has 1 rings (SSSR count). The van der Waals surface area contributed by atoms with E-state index >= 15 is 0 Å². The molecule has 0 fully saturated rings. The summed E-state index contributed by atoms with van der Waals surface area (Å²) in [5, 5.41) is 0. The van der Waals surface area contributed by atoms with Gasteiger partial charge in [-0.3, -0.25) is 0 Å². The summed E-state index contributed by atoms with van der Waals surface area (Å²) >= 11 is 0. The van der Waals surface area contributed by atoms with Crippen molar-refractivity contribution in [1.82, 2.24) is 0 Å². The van der Waals surface area contributed by atoms with Crippen LogP contribution in [0.4, 0.5) is 0 Å². The normalized spacial score (nSPS) is 15.8. The van der Waals surface area contributed by atoms with Crippen LogP contribution in [0.5, 0.6) is 0 Å². The van der Waals surface area contributed by atoms with Gasteiger partial charge in [-0.2, -0.15) is 0 Å². The van der Waals surface area contributed by atoms with Crippen molar-refractivity contribution in [3.8, 4) is 0 Å². The molecule has 0 aliphatic rings. The number of hydrogen-bond donors (Lipinski definition) is 2. The molecule has 0 spiro atoms. The number of benzene rings is 1. The summed E-state index contributed by atoms with van der Waals surface area (Å²) in [6, 6.07) is 6.38. The van der Waals surface area contributed by atoms with Gasteiger partial charge in [0.05, 0.1) is 16.2 Å². The molecule has 1 aromatic carbocycles. The number of rotatable bonds is 9. The maximum atomic E-state index is 12.1. The second-order valence-electron chi connectivity index (χ2n) is 5.51. The summed E-state index contributed by atoms with van der Waals surface area (Å²) in [6.45, 7) is 9.27. The smallest absolute Gasteiger partial charge is 0.178 e. The van der Waals surface area contributed by atoms with Crippen LogP contribution in [-0.2, 0) is 15.4 Å². The Kier molecular flexibility index (Phi) is 6.53. The zero-order valence-corrected chi connectivity index (χ0v) is 14.0. The zero-order valence-electron chi connectivity index (χ0n) is 13.2. The van der Waals surface area contributed by atoms with Gasteiger partial charge < -0.3 is 11.5 Å². The first kappa shape index (κ1) is 18.6. The molecule has 0 aliphatic heterocycles. The molecule has 22 heavy (non-hydrogen) atoms. The average molecular weight is 322 g/mol. The molecule has 4 nitrogen and oxygen atoms in total. The third-order valence-corrected chi connectivity index (χ3v) is 5.72. The van der Waals surface area contributed by atoms with E-state index < -0.39 is 15.4 Å². The fourth-order valence-electron chi connectivity index (χ4n) is 2.47. The standard InChI is InChI=1S/C17H26N2O2S/c1-4-7-16(18)17(19,12-5-2)14-8-10-15(11-9-14)22(20,21)13-6-3/h4-5,8-11,16H,1-2,6-7,12-13,18-19H2,3H3. The van der Waals surface area contributed by atoms with Gasteiger partial charge in [0.25, 0.3) is 0 Å². The molecule has 0 heterocycles. The third kappa shape index (κ3) is 4.06. The minimum atomic E-state index is -3.22. The quantitative estimate of drug-likeness (QED) is 0.684. The fourth-order valence-corrected chi connectivity index (χ4v) is 3.80. The van der Waals surface area contributed by atoms with Crippen LogP contribution >= 0.6 is 0 Å². The maximum absolute atomic E-state index is 12.1. The Morgan fingerprint density at radius 1 is 1.23 bits per heavy atom. The van der Waals surface area contributed by atoms with E-state index in [0.29, 0.717) is 24.2 Å². The van der Waals surface area contributed by atoms with Gasteiger partial charge in [0.15, 0.2) is 9.84 Å². The summed E-state index contributed by atoms with van der Waals surface area (Å²) in [5.74, 6) is 0.142. The van der Waals surface area contributed by atoms with Crippen molar-refractivity contribution in [3.63, 3.8) is 0 Å². The monoisotopic (exact) mass is 322 g/mol. The third-order valence-electron chi connectivity index (χ3n) is 3.79. The second-order valence-corrected chi connectivity index (χ2v) is 7.62. The lowest BCUT2D eigenvalue weighted by atomic mass is 9.80. The van der Waals surface area contributed by atoms with Crippen molar-refractivity contribution in [2.24, 2.45) is 11.5 Å². The van der Waals surface area contributed by atoms with Crippen LogP contribution < -0.4 is 11.5 Å². The van der Waals surface area contributed by atoms with Crippen LogP contribution in [0.25, 0.3) is 0 Å². The Morgan fingerprint density at radius 2 is 1.82 bits per heavy atom. The predicted octanol–water partition coefficient (Wildman–Crippen LogP) is 2.50. The van der Waals surface area contributed by atoms with Crippen molar-refractivity contribution in [2.45, 2.75) is 42.7 Å². The van der Waals surface area contributed by atoms with Gasteiger partial charge in [-0.15, -0.1) is 13.2 Å². The molecule has 4 N–H and O–H groups in total. The minimum Gasteiger partial charge on any atom is -0.326 e. The summed E-state index contributed by atoms with van der Waals surface area (Å²) in [6.07, 6.45) is 5.12. The molecule has 0 aliphatic carbocycles. The first-order valence-corrected chi connectivity index (χ1v) is 9.06. The molecule has 2 unspecified atom stereocenters. The Bertz CT molecular complexity index is 608. The Balaban J connectivity index is 3.19. The van der Waals surface area contributed by atoms with Crippen molar-refractivity contribution in [3.05, 3.63) is 55.1 Å². The van der Waals surface area contributed by atoms with E-state index in [1.54, 1.807) is 36.4 Å². The van der Waals surface area contributed by atoms with Crippen LogP contribution in [0, 0.1) is 0 Å². The van der Waals surface area contributed by atoms with E-state index in [9.17, 15) is 8.42 Å². The summed E-state index contributed by atoms with van der Waals surface area (Å²) < 4.78 is 24.1. The molecule has 1 aromatic rings. The molecule has 0 amide bonds. The van der Waals surface area contributed by atoms with E-state index in [2.05, 4.69) is 13.2 Å². The van der Waals surface area contributed by atoms with Crippen molar-refractivity contribution < 1.29 is 8.42 Å². The lowest BCUT2D eigenvalue weighted by Crippen LogP contribution is -2.52. The van der Waals surface area contributed by atoms with Crippen molar-refractivity contribution >= 4 is 9.84 Å². The van der Waals surface area contributed by atoms with E-state index in [4.69, 9.17) is 11.5 Å². The first-order valence-electron chi connectivity index (χ1n) is 7.41. The van der Waals surface area contributed by atoms with Gasteiger partial charge in [0.1, 0.15) is 0 Å². The largest absolute Gasteiger partial charge is 0.326 e. The topological polar surface area (TPSA) is 86.2 Å². The predicted molar refractivity (Wildman–Crippen MR) is 92.3 cm³/mol. The SMILES string of the molecule is C=CCC(N)C(N)(CC=C)c1ccc(S(=O)(=O)CCC)cc1. The summed E-state index contributed by atoms with van der Waals surface area (Å²) in [7, 11) is -3.22. The molecular formula is C17H26N2O2S. The average Bonchev–Trinajstić information content (AvgIpc) is 2.47. The van der Waals surface area contributed by atoms with Gasteiger partial charge in [0, 0.05) is 6.04 Å². The molecular weight excluding hydrogens is 296 g/mol. The molecule has 5 heteroatoms. The lowest BCUT2D eigenvalue weighted by molar-refractivity contribution is 0.357. The highest BCUT2D eigenvalue weighted by molar-refractivity contribution is 7.91.